The van der Waals surface area contributed by atoms with Crippen molar-refractivity contribution in [1.29, 1.82) is 0 Å². The van der Waals surface area contributed by atoms with Crippen molar-refractivity contribution >= 4 is 9.84 Å². The highest BCUT2D eigenvalue weighted by atomic mass is 32.2. The first-order valence-corrected chi connectivity index (χ1v) is 13.4. The van der Waals surface area contributed by atoms with Crippen LogP contribution in [-0.4, -0.2) is 41.8 Å². The van der Waals surface area contributed by atoms with E-state index in [9.17, 15) is 18.3 Å². The minimum Gasteiger partial charge on any atom is -0.493 e. The molecule has 2 heterocycles. The quantitative estimate of drug-likeness (QED) is 0.350. The normalized spacial score (nSPS) is 12.4. The Kier molecular flexibility index (Phi) is 7.85. The van der Waals surface area contributed by atoms with Gasteiger partial charge in [0.1, 0.15) is 5.82 Å². The number of aromatic hydroxyl groups is 1. The van der Waals surface area contributed by atoms with Gasteiger partial charge in [-0.05, 0) is 42.7 Å². The molecule has 2 aromatic carbocycles. The number of hydrogen-bond donors (Lipinski definition) is 1. The fraction of sp³-hybridized carbons (Fsp3) is 0.250. The van der Waals surface area contributed by atoms with Crippen LogP contribution in [0.4, 0.5) is 0 Å². The molecule has 0 radical (unpaired) electrons. The van der Waals surface area contributed by atoms with E-state index in [2.05, 4.69) is 9.97 Å². The summed E-state index contributed by atoms with van der Waals surface area (Å²) in [6, 6.07) is 18.5. The SMILES string of the molecule is CCCc1nc(=O)c(S(=O)(=O)c2ccc(-c3cccnc3C)cc2)c(O)n1[C@@H](COC)c1ccccc1. The minimum absolute atomic E-state index is 0.121. The summed E-state index contributed by atoms with van der Waals surface area (Å²) in [6.07, 6.45) is 2.70. The summed E-state index contributed by atoms with van der Waals surface area (Å²) in [6.45, 7) is 3.92. The minimum atomic E-state index is -4.40. The van der Waals surface area contributed by atoms with Crippen molar-refractivity contribution < 1.29 is 18.3 Å². The Labute approximate surface area is 216 Å². The van der Waals surface area contributed by atoms with Gasteiger partial charge in [0.25, 0.3) is 5.56 Å². The zero-order valence-electron chi connectivity index (χ0n) is 21.0. The molecule has 0 saturated carbocycles. The molecule has 0 aliphatic carbocycles. The third-order valence-electron chi connectivity index (χ3n) is 6.18. The predicted molar refractivity (Wildman–Crippen MR) is 140 cm³/mol. The lowest BCUT2D eigenvalue weighted by molar-refractivity contribution is 0.161. The third kappa shape index (κ3) is 5.19. The van der Waals surface area contributed by atoms with E-state index >= 15 is 0 Å². The Bertz CT molecular complexity index is 1550. The summed E-state index contributed by atoms with van der Waals surface area (Å²) in [5.41, 5.74) is 2.24. The summed E-state index contributed by atoms with van der Waals surface area (Å²) in [4.78, 5) is 20.6. The molecule has 0 aliphatic heterocycles. The molecular formula is C28H29N3O5S. The van der Waals surface area contributed by atoms with Crippen molar-refractivity contribution in [2.75, 3.05) is 13.7 Å². The first kappa shape index (κ1) is 26.2. The Morgan fingerprint density at radius 1 is 1.03 bits per heavy atom. The molecule has 0 unspecified atom stereocenters. The predicted octanol–water partition coefficient (Wildman–Crippen LogP) is 4.34. The molecule has 4 rings (SSSR count). The van der Waals surface area contributed by atoms with E-state index in [1.165, 1.54) is 23.8 Å². The smallest absolute Gasteiger partial charge is 0.296 e. The molecule has 0 aliphatic rings. The van der Waals surface area contributed by atoms with Crippen molar-refractivity contribution in [1.82, 2.24) is 14.5 Å². The summed E-state index contributed by atoms with van der Waals surface area (Å²) in [5.74, 6) is -0.362. The van der Waals surface area contributed by atoms with E-state index in [1.54, 1.807) is 24.4 Å². The Hall–Kier alpha value is -3.82. The molecule has 0 amide bonds. The summed E-state index contributed by atoms with van der Waals surface area (Å²) in [7, 11) is -2.88. The van der Waals surface area contributed by atoms with Crippen LogP contribution in [0.25, 0.3) is 11.1 Å². The van der Waals surface area contributed by atoms with E-state index in [4.69, 9.17) is 4.74 Å². The van der Waals surface area contributed by atoms with Gasteiger partial charge in [0, 0.05) is 31.0 Å². The topological polar surface area (TPSA) is 111 Å². The van der Waals surface area contributed by atoms with Gasteiger partial charge in [-0.2, -0.15) is 4.98 Å². The molecule has 37 heavy (non-hydrogen) atoms. The highest BCUT2D eigenvalue weighted by molar-refractivity contribution is 7.91. The van der Waals surface area contributed by atoms with Crippen LogP contribution in [0.5, 0.6) is 5.88 Å². The van der Waals surface area contributed by atoms with E-state index < -0.39 is 32.2 Å². The zero-order chi connectivity index (χ0) is 26.6. The van der Waals surface area contributed by atoms with Crippen LogP contribution in [0.1, 0.15) is 36.5 Å². The highest BCUT2D eigenvalue weighted by Crippen LogP contribution is 2.33. The molecule has 9 heteroatoms. The van der Waals surface area contributed by atoms with Crippen molar-refractivity contribution in [2.24, 2.45) is 0 Å². The fourth-order valence-corrected chi connectivity index (χ4v) is 5.73. The molecule has 0 saturated heterocycles. The fourth-order valence-electron chi connectivity index (χ4n) is 4.39. The van der Waals surface area contributed by atoms with Gasteiger partial charge in [-0.3, -0.25) is 14.3 Å². The summed E-state index contributed by atoms with van der Waals surface area (Å²) >= 11 is 0. The first-order valence-electron chi connectivity index (χ1n) is 11.9. The Balaban J connectivity index is 1.87. The second-order valence-corrected chi connectivity index (χ2v) is 10.5. The van der Waals surface area contributed by atoms with Crippen LogP contribution in [0.3, 0.4) is 0 Å². The van der Waals surface area contributed by atoms with E-state index in [0.717, 1.165) is 22.4 Å². The summed E-state index contributed by atoms with van der Waals surface area (Å²) < 4.78 is 34.2. The monoisotopic (exact) mass is 519 g/mol. The van der Waals surface area contributed by atoms with Crippen LogP contribution in [0.15, 0.2) is 87.5 Å². The number of ether oxygens (including phenoxy) is 1. The molecule has 1 N–H and O–H groups in total. The average molecular weight is 520 g/mol. The van der Waals surface area contributed by atoms with Gasteiger partial charge in [0.2, 0.25) is 15.7 Å². The van der Waals surface area contributed by atoms with Crippen LogP contribution in [0.2, 0.25) is 0 Å². The van der Waals surface area contributed by atoms with Crippen LogP contribution < -0.4 is 5.56 Å². The number of hydrogen-bond acceptors (Lipinski definition) is 7. The Morgan fingerprint density at radius 3 is 2.35 bits per heavy atom. The molecule has 4 aromatic rings. The molecule has 0 bridgehead atoms. The maximum Gasteiger partial charge on any atom is 0.296 e. The number of benzene rings is 2. The van der Waals surface area contributed by atoms with Gasteiger partial charge in [0.05, 0.1) is 17.5 Å². The lowest BCUT2D eigenvalue weighted by Gasteiger charge is -2.25. The van der Waals surface area contributed by atoms with E-state index in [1.807, 2.05) is 50.2 Å². The number of sulfone groups is 1. The van der Waals surface area contributed by atoms with Crippen molar-refractivity contribution in [3.63, 3.8) is 0 Å². The molecule has 1 atom stereocenters. The highest BCUT2D eigenvalue weighted by Gasteiger charge is 2.32. The molecule has 8 nitrogen and oxygen atoms in total. The molecule has 2 aromatic heterocycles. The summed E-state index contributed by atoms with van der Waals surface area (Å²) in [5, 5.41) is 11.4. The Morgan fingerprint density at radius 2 is 1.73 bits per heavy atom. The van der Waals surface area contributed by atoms with Crippen LogP contribution in [0, 0.1) is 6.92 Å². The third-order valence-corrected chi connectivity index (χ3v) is 7.97. The standard InChI is InChI=1S/C28H29N3O5S/c1-4-9-25-30-27(32)26(28(33)31(25)24(18-36-3)21-10-6-5-7-11-21)37(34,35)22-15-13-20(14-16-22)23-12-8-17-29-19(23)2/h5-8,10-17,24,33H,4,9,18H2,1-3H3/t24-/m0/s1. The van der Waals surface area contributed by atoms with Gasteiger partial charge in [-0.1, -0.05) is 55.5 Å². The second kappa shape index (κ2) is 11.1. The lowest BCUT2D eigenvalue weighted by Crippen LogP contribution is -2.29. The molecule has 0 spiro atoms. The molecular weight excluding hydrogens is 490 g/mol. The van der Waals surface area contributed by atoms with Gasteiger partial charge < -0.3 is 9.84 Å². The number of methoxy groups -OCH3 is 1. The number of aryl methyl sites for hydroxylation is 2. The van der Waals surface area contributed by atoms with Crippen molar-refractivity contribution in [3.8, 4) is 17.0 Å². The average Bonchev–Trinajstić information content (AvgIpc) is 2.89. The van der Waals surface area contributed by atoms with Crippen molar-refractivity contribution in [2.45, 2.75) is 42.5 Å². The number of pyridine rings is 1. The van der Waals surface area contributed by atoms with Gasteiger partial charge in [-0.15, -0.1) is 0 Å². The maximum atomic E-state index is 13.7. The van der Waals surface area contributed by atoms with E-state index in [0.29, 0.717) is 12.8 Å². The molecule has 192 valence electrons. The van der Waals surface area contributed by atoms with Gasteiger partial charge >= 0.3 is 0 Å². The van der Waals surface area contributed by atoms with E-state index in [-0.39, 0.29) is 17.3 Å². The van der Waals surface area contributed by atoms with Crippen molar-refractivity contribution in [3.05, 3.63) is 100 Å². The largest absolute Gasteiger partial charge is 0.493 e. The second-order valence-electron chi connectivity index (χ2n) is 8.65. The maximum absolute atomic E-state index is 13.7. The number of rotatable bonds is 9. The zero-order valence-corrected chi connectivity index (χ0v) is 21.8. The van der Waals surface area contributed by atoms with Gasteiger partial charge in [-0.25, -0.2) is 8.42 Å². The number of nitrogens with zero attached hydrogens (tertiary/aromatic N) is 3. The van der Waals surface area contributed by atoms with Crippen LogP contribution in [-0.2, 0) is 21.0 Å². The van der Waals surface area contributed by atoms with Gasteiger partial charge in [0.15, 0.2) is 4.90 Å². The lowest BCUT2D eigenvalue weighted by atomic mass is 10.1. The van der Waals surface area contributed by atoms with Crippen LogP contribution >= 0.6 is 0 Å². The number of aromatic nitrogens is 3. The molecule has 0 fully saturated rings. The first-order chi connectivity index (χ1) is 17.8.